The molecule has 86 valence electrons. The fourth-order valence-electron chi connectivity index (χ4n) is 1.46. The Morgan fingerprint density at radius 3 is 2.69 bits per heavy atom. The van der Waals surface area contributed by atoms with Crippen molar-refractivity contribution in [3.8, 4) is 17.6 Å². The molecule has 1 atom stereocenters. The van der Waals surface area contributed by atoms with Gasteiger partial charge >= 0.3 is 0 Å². The second kappa shape index (κ2) is 5.38. The molecule has 1 rings (SSSR count). The maximum absolute atomic E-state index is 9.54. The highest BCUT2D eigenvalue weighted by Gasteiger charge is 2.15. The first kappa shape index (κ1) is 12.3. The average Bonchev–Trinajstić information content (AvgIpc) is 2.23. The van der Waals surface area contributed by atoms with Crippen LogP contribution in [-0.4, -0.2) is 30.7 Å². The highest BCUT2D eigenvalue weighted by molar-refractivity contribution is 5.43. The molecule has 1 N–H and O–H groups in total. The van der Waals surface area contributed by atoms with Crippen LogP contribution in [0.1, 0.15) is 18.5 Å². The Kier molecular flexibility index (Phi) is 4.15. The van der Waals surface area contributed by atoms with Gasteiger partial charge in [0.25, 0.3) is 0 Å². The van der Waals surface area contributed by atoms with Gasteiger partial charge in [-0.05, 0) is 38.7 Å². The number of aromatic hydroxyl groups is 1. The zero-order chi connectivity index (χ0) is 12.1. The summed E-state index contributed by atoms with van der Waals surface area (Å²) in [7, 11) is 3.67. The van der Waals surface area contributed by atoms with Crippen LogP contribution in [0.5, 0.6) is 11.5 Å². The summed E-state index contributed by atoms with van der Waals surface area (Å²) in [5.41, 5.74) is 0.814. The Balaban J connectivity index is 3.06. The molecule has 0 radical (unpaired) electrons. The number of hydrogen-bond acceptors (Lipinski definition) is 4. The molecular weight excluding hydrogens is 204 g/mol. The van der Waals surface area contributed by atoms with Crippen LogP contribution in [-0.2, 0) is 0 Å². The van der Waals surface area contributed by atoms with E-state index in [1.807, 2.05) is 25.9 Å². The average molecular weight is 220 g/mol. The van der Waals surface area contributed by atoms with Gasteiger partial charge in [-0.15, -0.1) is 0 Å². The van der Waals surface area contributed by atoms with Gasteiger partial charge in [-0.1, -0.05) is 6.07 Å². The second-order valence-electron chi connectivity index (χ2n) is 3.66. The number of hydrogen-bond donors (Lipinski definition) is 1. The number of benzene rings is 1. The van der Waals surface area contributed by atoms with Crippen LogP contribution in [0.15, 0.2) is 18.2 Å². The van der Waals surface area contributed by atoms with Crippen LogP contribution in [0.3, 0.4) is 0 Å². The summed E-state index contributed by atoms with van der Waals surface area (Å²) in [6.07, 6.45) is 0. The molecule has 4 nitrogen and oxygen atoms in total. The molecule has 0 aliphatic rings. The molecular formula is C12H16N2O2. The lowest BCUT2D eigenvalue weighted by molar-refractivity contribution is 0.314. The molecule has 4 heteroatoms. The van der Waals surface area contributed by atoms with Crippen LogP contribution in [0.25, 0.3) is 0 Å². The topological polar surface area (TPSA) is 56.5 Å². The van der Waals surface area contributed by atoms with E-state index in [9.17, 15) is 5.11 Å². The minimum atomic E-state index is -0.334. The summed E-state index contributed by atoms with van der Waals surface area (Å²) < 4.78 is 5.27. The van der Waals surface area contributed by atoms with Crippen molar-refractivity contribution < 1.29 is 9.84 Å². The lowest BCUT2D eigenvalue weighted by Crippen LogP contribution is -2.18. The second-order valence-corrected chi connectivity index (χ2v) is 3.66. The van der Waals surface area contributed by atoms with Gasteiger partial charge in [0, 0.05) is 0 Å². The first-order valence-electron chi connectivity index (χ1n) is 5.12. The SMILES string of the molecule is CCOc1cc(C(C#N)N(C)C)ccc1O. The maximum Gasteiger partial charge on any atom is 0.161 e. The number of rotatable bonds is 4. The third-order valence-corrected chi connectivity index (χ3v) is 2.24. The number of nitriles is 1. The van der Waals surface area contributed by atoms with Gasteiger partial charge in [0.1, 0.15) is 6.04 Å². The Labute approximate surface area is 95.7 Å². The molecule has 16 heavy (non-hydrogen) atoms. The van der Waals surface area contributed by atoms with E-state index in [1.165, 1.54) is 0 Å². The number of ether oxygens (including phenoxy) is 1. The third-order valence-electron chi connectivity index (χ3n) is 2.24. The monoisotopic (exact) mass is 220 g/mol. The molecule has 1 aromatic rings. The minimum Gasteiger partial charge on any atom is -0.504 e. The van der Waals surface area contributed by atoms with E-state index in [-0.39, 0.29) is 11.8 Å². The van der Waals surface area contributed by atoms with Crippen molar-refractivity contribution in [2.75, 3.05) is 20.7 Å². The van der Waals surface area contributed by atoms with Gasteiger partial charge in [0.05, 0.1) is 12.7 Å². The van der Waals surface area contributed by atoms with Gasteiger partial charge in [-0.2, -0.15) is 5.26 Å². The Hall–Kier alpha value is -1.73. The van der Waals surface area contributed by atoms with Gasteiger partial charge in [0.2, 0.25) is 0 Å². The fraction of sp³-hybridized carbons (Fsp3) is 0.417. The van der Waals surface area contributed by atoms with Crippen molar-refractivity contribution in [3.63, 3.8) is 0 Å². The molecule has 0 saturated heterocycles. The highest BCUT2D eigenvalue weighted by atomic mass is 16.5. The zero-order valence-corrected chi connectivity index (χ0v) is 9.77. The molecule has 0 heterocycles. The number of phenolic OH excluding ortho intramolecular Hbond substituents is 1. The fourth-order valence-corrected chi connectivity index (χ4v) is 1.46. The largest absolute Gasteiger partial charge is 0.504 e. The lowest BCUT2D eigenvalue weighted by Gasteiger charge is -2.18. The van der Waals surface area contributed by atoms with E-state index < -0.39 is 0 Å². The Morgan fingerprint density at radius 1 is 1.50 bits per heavy atom. The molecule has 0 saturated carbocycles. The predicted octanol–water partition coefficient (Wildman–Crippen LogP) is 1.92. The standard InChI is InChI=1S/C12H16N2O2/c1-4-16-12-7-9(5-6-11(12)15)10(8-13)14(2)3/h5-7,10,15H,4H2,1-3H3. The molecule has 0 amide bonds. The summed E-state index contributed by atoms with van der Waals surface area (Å²) in [5, 5.41) is 18.6. The maximum atomic E-state index is 9.54. The number of nitrogens with zero attached hydrogens (tertiary/aromatic N) is 2. The van der Waals surface area contributed by atoms with Crippen molar-refractivity contribution in [3.05, 3.63) is 23.8 Å². The summed E-state index contributed by atoms with van der Waals surface area (Å²) in [5.74, 6) is 0.517. The minimum absolute atomic E-state index is 0.0982. The molecule has 0 bridgehead atoms. The van der Waals surface area contributed by atoms with E-state index in [0.29, 0.717) is 12.4 Å². The Morgan fingerprint density at radius 2 is 2.19 bits per heavy atom. The van der Waals surface area contributed by atoms with Gasteiger partial charge in [0.15, 0.2) is 11.5 Å². The van der Waals surface area contributed by atoms with Crippen molar-refractivity contribution in [2.45, 2.75) is 13.0 Å². The smallest absolute Gasteiger partial charge is 0.161 e. The van der Waals surface area contributed by atoms with E-state index in [4.69, 9.17) is 10.00 Å². The van der Waals surface area contributed by atoms with Crippen molar-refractivity contribution in [2.24, 2.45) is 0 Å². The van der Waals surface area contributed by atoms with Crippen LogP contribution >= 0.6 is 0 Å². The quantitative estimate of drug-likeness (QED) is 0.842. The van der Waals surface area contributed by atoms with E-state index in [1.54, 1.807) is 18.2 Å². The zero-order valence-electron chi connectivity index (χ0n) is 9.77. The number of phenols is 1. The summed E-state index contributed by atoms with van der Waals surface area (Å²) in [4.78, 5) is 1.81. The molecule has 0 aromatic heterocycles. The van der Waals surface area contributed by atoms with Crippen LogP contribution in [0.4, 0.5) is 0 Å². The molecule has 0 fully saturated rings. The Bertz CT molecular complexity index is 396. The highest BCUT2D eigenvalue weighted by Crippen LogP contribution is 2.30. The summed E-state index contributed by atoms with van der Waals surface area (Å²) in [6.45, 7) is 2.33. The van der Waals surface area contributed by atoms with Crippen molar-refractivity contribution in [1.82, 2.24) is 4.90 Å². The van der Waals surface area contributed by atoms with E-state index >= 15 is 0 Å². The summed E-state index contributed by atoms with van der Waals surface area (Å²) >= 11 is 0. The predicted molar refractivity (Wildman–Crippen MR) is 61.3 cm³/mol. The van der Waals surface area contributed by atoms with E-state index in [2.05, 4.69) is 6.07 Å². The normalized spacial score (nSPS) is 12.2. The first-order valence-corrected chi connectivity index (χ1v) is 5.12. The van der Waals surface area contributed by atoms with Crippen molar-refractivity contribution >= 4 is 0 Å². The molecule has 1 unspecified atom stereocenters. The van der Waals surface area contributed by atoms with Gasteiger partial charge in [-0.25, -0.2) is 0 Å². The molecule has 0 aliphatic carbocycles. The van der Waals surface area contributed by atoms with Crippen LogP contribution < -0.4 is 4.74 Å². The first-order chi connectivity index (χ1) is 7.60. The third kappa shape index (κ3) is 2.65. The van der Waals surface area contributed by atoms with Crippen LogP contribution in [0, 0.1) is 11.3 Å². The van der Waals surface area contributed by atoms with Crippen LogP contribution in [0.2, 0.25) is 0 Å². The van der Waals surface area contributed by atoms with E-state index in [0.717, 1.165) is 5.56 Å². The lowest BCUT2D eigenvalue weighted by atomic mass is 10.1. The molecule has 0 spiro atoms. The molecule has 1 aromatic carbocycles. The van der Waals surface area contributed by atoms with Gasteiger partial charge < -0.3 is 9.84 Å². The molecule has 0 aliphatic heterocycles. The summed E-state index contributed by atoms with van der Waals surface area (Å²) in [6, 6.07) is 6.84. The van der Waals surface area contributed by atoms with Gasteiger partial charge in [-0.3, -0.25) is 4.90 Å². The van der Waals surface area contributed by atoms with Crippen molar-refractivity contribution in [1.29, 1.82) is 5.26 Å².